The lowest BCUT2D eigenvalue weighted by molar-refractivity contribution is 0.602. The van der Waals surface area contributed by atoms with Gasteiger partial charge >= 0.3 is 0 Å². The van der Waals surface area contributed by atoms with E-state index in [1.165, 1.54) is 6.08 Å². The highest BCUT2D eigenvalue weighted by molar-refractivity contribution is 8.16. The van der Waals surface area contributed by atoms with Crippen LogP contribution in [0.2, 0.25) is 0 Å². The van der Waals surface area contributed by atoms with E-state index in [0.29, 0.717) is 11.5 Å². The van der Waals surface area contributed by atoms with Crippen LogP contribution in [0.4, 0.5) is 0 Å². The predicted molar refractivity (Wildman–Crippen MR) is 50.6 cm³/mol. The molecule has 1 aliphatic rings. The van der Waals surface area contributed by atoms with Gasteiger partial charge in [-0.15, -0.1) is 0 Å². The molecule has 0 unspecified atom stereocenters. The van der Waals surface area contributed by atoms with Crippen molar-refractivity contribution in [1.82, 2.24) is 0 Å². The Morgan fingerprint density at radius 2 is 2.08 bits per heavy atom. The van der Waals surface area contributed by atoms with Gasteiger partial charge in [-0.1, -0.05) is 18.5 Å². The summed E-state index contributed by atoms with van der Waals surface area (Å²) in [6, 6.07) is 0. The van der Waals surface area contributed by atoms with Gasteiger partial charge in [-0.25, -0.2) is 8.42 Å². The van der Waals surface area contributed by atoms with E-state index in [4.69, 9.17) is 22.3 Å². The fraction of sp³-hybridized carbons (Fsp3) is 0.429. The van der Waals surface area contributed by atoms with E-state index < -0.39 is 9.05 Å². The quantitative estimate of drug-likeness (QED) is 0.645. The maximum Gasteiger partial charge on any atom is 0.257 e. The Balaban J connectivity index is 3.07. The number of allylic oxidation sites excluding steroid dienone is 4. The summed E-state index contributed by atoms with van der Waals surface area (Å²) in [5.41, 5.74) is 0. The molecule has 0 N–H and O–H groups in total. The molecule has 68 valence electrons. The van der Waals surface area contributed by atoms with Crippen molar-refractivity contribution in [2.45, 2.75) is 13.3 Å². The Hall–Kier alpha value is 0.01000. The molecule has 0 aliphatic heterocycles. The first-order valence-electron chi connectivity index (χ1n) is 3.42. The molecule has 0 heterocycles. The zero-order valence-corrected chi connectivity index (χ0v) is 8.75. The van der Waals surface area contributed by atoms with Crippen molar-refractivity contribution in [3.8, 4) is 0 Å². The molecule has 0 aromatic rings. The lowest BCUT2D eigenvalue weighted by Gasteiger charge is -2.15. The van der Waals surface area contributed by atoms with Gasteiger partial charge in [0.1, 0.15) is 0 Å². The third kappa shape index (κ3) is 2.25. The van der Waals surface area contributed by atoms with Crippen molar-refractivity contribution in [3.63, 3.8) is 0 Å². The molecule has 5 heteroatoms. The second-order valence-electron chi connectivity index (χ2n) is 2.73. The van der Waals surface area contributed by atoms with E-state index >= 15 is 0 Å². The van der Waals surface area contributed by atoms with Crippen LogP contribution in [0.15, 0.2) is 22.1 Å². The van der Waals surface area contributed by atoms with Crippen LogP contribution < -0.4 is 0 Å². The van der Waals surface area contributed by atoms with Crippen LogP contribution in [-0.2, 0) is 9.05 Å². The zero-order valence-electron chi connectivity index (χ0n) is 6.42. The summed E-state index contributed by atoms with van der Waals surface area (Å²) in [6.07, 6.45) is 3.56. The second-order valence-corrected chi connectivity index (χ2v) is 5.78. The average Bonchev–Trinajstić information content (AvgIpc) is 1.83. The highest BCUT2D eigenvalue weighted by atomic mass is 35.7. The van der Waals surface area contributed by atoms with Crippen molar-refractivity contribution in [3.05, 3.63) is 22.1 Å². The van der Waals surface area contributed by atoms with Crippen LogP contribution in [0.5, 0.6) is 0 Å². The minimum Gasteiger partial charge on any atom is -0.207 e. The van der Waals surface area contributed by atoms with Crippen molar-refractivity contribution in [1.29, 1.82) is 0 Å². The Kier molecular flexibility index (Phi) is 2.86. The fourth-order valence-corrected chi connectivity index (χ4v) is 2.82. The highest BCUT2D eigenvalue weighted by Crippen LogP contribution is 2.31. The second kappa shape index (κ2) is 3.40. The molecule has 0 bridgehead atoms. The van der Waals surface area contributed by atoms with Crippen molar-refractivity contribution < 1.29 is 8.42 Å². The lowest BCUT2D eigenvalue weighted by Crippen LogP contribution is -2.08. The smallest absolute Gasteiger partial charge is 0.207 e. The average molecular weight is 227 g/mol. The molecule has 12 heavy (non-hydrogen) atoms. The molecule has 1 rings (SSSR count). The molecule has 0 fully saturated rings. The molecular formula is C7H8Cl2O2S. The minimum atomic E-state index is -3.57. The number of rotatable bonds is 1. The largest absolute Gasteiger partial charge is 0.257 e. The molecule has 0 spiro atoms. The van der Waals surface area contributed by atoms with Crippen molar-refractivity contribution in [2.24, 2.45) is 5.92 Å². The lowest BCUT2D eigenvalue weighted by atomic mass is 10.0. The first kappa shape index (κ1) is 10.1. The number of hydrogen-bond acceptors (Lipinski definition) is 2. The van der Waals surface area contributed by atoms with Gasteiger partial charge in [-0.2, -0.15) is 0 Å². The van der Waals surface area contributed by atoms with Crippen LogP contribution in [-0.4, -0.2) is 8.42 Å². The van der Waals surface area contributed by atoms with Crippen LogP contribution in [0, 0.1) is 5.92 Å². The molecular weight excluding hydrogens is 219 g/mol. The predicted octanol–water partition coefficient (Wildman–Crippen LogP) is 2.60. The van der Waals surface area contributed by atoms with Gasteiger partial charge in [0.05, 0.1) is 4.91 Å². The summed E-state index contributed by atoms with van der Waals surface area (Å²) in [5, 5.41) is 0.659. The highest BCUT2D eigenvalue weighted by Gasteiger charge is 2.23. The molecule has 2 nitrogen and oxygen atoms in total. The van der Waals surface area contributed by atoms with E-state index in [-0.39, 0.29) is 10.8 Å². The molecule has 0 amide bonds. The Bertz CT molecular complexity index is 340. The normalized spacial score (nSPS) is 24.8. The number of halogens is 2. The maximum absolute atomic E-state index is 10.9. The summed E-state index contributed by atoms with van der Waals surface area (Å²) < 4.78 is 21.9. The summed E-state index contributed by atoms with van der Waals surface area (Å²) in [7, 11) is 1.62. The van der Waals surface area contributed by atoms with Crippen LogP contribution in [0.3, 0.4) is 0 Å². The Morgan fingerprint density at radius 1 is 1.50 bits per heavy atom. The van der Waals surface area contributed by atoms with Crippen molar-refractivity contribution >= 4 is 31.3 Å². The molecule has 1 atom stereocenters. The standard InChI is InChI=1S/C7H8Cl2O2S/c1-5-4-6(8)2-3-7(5)12(9,10)11/h2-3,5H,4H2,1H3/t5-/m1/s1. The van der Waals surface area contributed by atoms with Gasteiger partial charge in [-0.05, 0) is 24.5 Å². The molecule has 0 saturated heterocycles. The summed E-state index contributed by atoms with van der Waals surface area (Å²) in [4.78, 5) is 0.244. The van der Waals surface area contributed by atoms with E-state index in [1.807, 2.05) is 0 Å². The summed E-state index contributed by atoms with van der Waals surface area (Å²) in [5.74, 6) is -0.120. The van der Waals surface area contributed by atoms with Gasteiger partial charge in [-0.3, -0.25) is 0 Å². The zero-order chi connectivity index (χ0) is 9.35. The van der Waals surface area contributed by atoms with Crippen molar-refractivity contribution in [2.75, 3.05) is 0 Å². The van der Waals surface area contributed by atoms with Crippen LogP contribution in [0.25, 0.3) is 0 Å². The molecule has 0 saturated carbocycles. The van der Waals surface area contributed by atoms with E-state index in [9.17, 15) is 8.42 Å². The monoisotopic (exact) mass is 226 g/mol. The Labute approximate surface area is 81.3 Å². The SMILES string of the molecule is C[C@@H]1CC(Cl)=CC=C1S(=O)(=O)Cl. The van der Waals surface area contributed by atoms with Gasteiger partial charge in [0, 0.05) is 15.7 Å². The topological polar surface area (TPSA) is 34.1 Å². The van der Waals surface area contributed by atoms with Gasteiger partial charge in [0.25, 0.3) is 9.05 Å². The summed E-state index contributed by atoms with van der Waals surface area (Å²) >= 11 is 5.71. The third-order valence-corrected chi connectivity index (χ3v) is 3.61. The number of hydrogen-bond donors (Lipinski definition) is 0. The van der Waals surface area contributed by atoms with Gasteiger partial charge in [0.15, 0.2) is 0 Å². The van der Waals surface area contributed by atoms with Crippen LogP contribution >= 0.6 is 22.3 Å². The summed E-state index contributed by atoms with van der Waals surface area (Å²) in [6.45, 7) is 1.78. The fourth-order valence-electron chi connectivity index (χ4n) is 1.12. The van der Waals surface area contributed by atoms with E-state index in [2.05, 4.69) is 0 Å². The minimum absolute atomic E-state index is 0.120. The first-order chi connectivity index (χ1) is 5.41. The maximum atomic E-state index is 10.9. The molecule has 0 radical (unpaired) electrons. The first-order valence-corrected chi connectivity index (χ1v) is 6.11. The Morgan fingerprint density at radius 3 is 2.50 bits per heavy atom. The van der Waals surface area contributed by atoms with E-state index in [0.717, 1.165) is 0 Å². The molecule has 1 aliphatic carbocycles. The van der Waals surface area contributed by atoms with Crippen LogP contribution in [0.1, 0.15) is 13.3 Å². The van der Waals surface area contributed by atoms with E-state index in [1.54, 1.807) is 13.0 Å². The third-order valence-electron chi connectivity index (χ3n) is 1.70. The molecule has 0 aromatic heterocycles. The molecule has 0 aromatic carbocycles. The van der Waals surface area contributed by atoms with Gasteiger partial charge in [0.2, 0.25) is 0 Å². The van der Waals surface area contributed by atoms with Gasteiger partial charge < -0.3 is 0 Å².